The zero-order valence-electron chi connectivity index (χ0n) is 17.2. The van der Waals surface area contributed by atoms with Gasteiger partial charge in [-0.05, 0) is 43.2 Å². The number of guanidine groups is 1. The van der Waals surface area contributed by atoms with Gasteiger partial charge in [-0.3, -0.25) is 4.99 Å². The Kier molecular flexibility index (Phi) is 7.45. The fraction of sp³-hybridized carbons (Fsp3) is 0.381. The standard InChI is InChI=1S/C21H30N4O2S/c1-16-13-18(11-12-20(16)28(5,26)27)15-24-21(22-3)23-14-17(2)25(4)19-9-7-6-8-10-19/h6-13,17H,14-15H2,1-5H3,(H2,22,23,24). The Labute approximate surface area is 168 Å². The van der Waals surface area contributed by atoms with Crippen LogP contribution >= 0.6 is 0 Å². The summed E-state index contributed by atoms with van der Waals surface area (Å²) in [7, 11) is 0.612. The molecule has 0 heterocycles. The van der Waals surface area contributed by atoms with Crippen LogP contribution in [0.1, 0.15) is 18.1 Å². The van der Waals surface area contributed by atoms with Gasteiger partial charge in [0.05, 0.1) is 4.90 Å². The van der Waals surface area contributed by atoms with E-state index < -0.39 is 9.84 Å². The van der Waals surface area contributed by atoms with Crippen LogP contribution in [0.3, 0.4) is 0 Å². The summed E-state index contributed by atoms with van der Waals surface area (Å²) in [5.74, 6) is 0.707. The highest BCUT2D eigenvalue weighted by Gasteiger charge is 2.12. The van der Waals surface area contributed by atoms with Gasteiger partial charge in [0, 0.05) is 45.2 Å². The summed E-state index contributed by atoms with van der Waals surface area (Å²) in [4.78, 5) is 6.85. The molecule has 2 N–H and O–H groups in total. The van der Waals surface area contributed by atoms with Crippen molar-refractivity contribution in [1.29, 1.82) is 0 Å². The van der Waals surface area contributed by atoms with Crippen LogP contribution in [0.2, 0.25) is 0 Å². The number of anilines is 1. The van der Waals surface area contributed by atoms with Crippen LogP contribution in [0.4, 0.5) is 5.69 Å². The highest BCUT2D eigenvalue weighted by molar-refractivity contribution is 7.90. The zero-order valence-corrected chi connectivity index (χ0v) is 18.0. The molecule has 2 aromatic rings. The number of aliphatic imine (C=N–C) groups is 1. The van der Waals surface area contributed by atoms with E-state index >= 15 is 0 Å². The molecule has 1 unspecified atom stereocenters. The van der Waals surface area contributed by atoms with Gasteiger partial charge in [0.2, 0.25) is 0 Å². The predicted octanol–water partition coefficient (Wildman–Crippen LogP) is 2.59. The molecule has 0 saturated carbocycles. The van der Waals surface area contributed by atoms with Gasteiger partial charge in [-0.1, -0.05) is 30.3 Å². The summed E-state index contributed by atoms with van der Waals surface area (Å²) < 4.78 is 23.5. The third-order valence-corrected chi connectivity index (χ3v) is 5.97. The van der Waals surface area contributed by atoms with Crippen LogP contribution in [0, 0.1) is 6.92 Å². The van der Waals surface area contributed by atoms with Crippen molar-refractivity contribution in [3.63, 3.8) is 0 Å². The maximum atomic E-state index is 11.7. The maximum absolute atomic E-state index is 11.7. The molecular weight excluding hydrogens is 372 g/mol. The van der Waals surface area contributed by atoms with Crippen molar-refractivity contribution in [2.45, 2.75) is 31.3 Å². The van der Waals surface area contributed by atoms with E-state index in [-0.39, 0.29) is 6.04 Å². The van der Waals surface area contributed by atoms with E-state index in [4.69, 9.17) is 0 Å². The van der Waals surface area contributed by atoms with Gasteiger partial charge in [-0.25, -0.2) is 8.42 Å². The van der Waals surface area contributed by atoms with Crippen LogP contribution in [0.5, 0.6) is 0 Å². The topological polar surface area (TPSA) is 73.8 Å². The lowest BCUT2D eigenvalue weighted by Gasteiger charge is -2.27. The van der Waals surface area contributed by atoms with Crippen LogP contribution in [0.25, 0.3) is 0 Å². The van der Waals surface area contributed by atoms with Gasteiger partial charge in [-0.15, -0.1) is 0 Å². The van der Waals surface area contributed by atoms with Crippen LogP contribution in [-0.2, 0) is 16.4 Å². The Balaban J connectivity index is 1.90. The molecule has 152 valence electrons. The molecule has 2 rings (SSSR count). The fourth-order valence-corrected chi connectivity index (χ4v) is 3.90. The summed E-state index contributed by atoms with van der Waals surface area (Å²) in [5.41, 5.74) is 2.92. The number of hydrogen-bond donors (Lipinski definition) is 2. The molecule has 0 saturated heterocycles. The van der Waals surface area contributed by atoms with Crippen LogP contribution < -0.4 is 15.5 Å². The van der Waals surface area contributed by atoms with Crippen molar-refractivity contribution in [2.24, 2.45) is 4.99 Å². The number of para-hydroxylation sites is 1. The second kappa shape index (κ2) is 9.59. The van der Waals surface area contributed by atoms with Crippen molar-refractivity contribution in [1.82, 2.24) is 10.6 Å². The largest absolute Gasteiger partial charge is 0.370 e. The van der Waals surface area contributed by atoms with Crippen LogP contribution in [-0.4, -0.2) is 47.3 Å². The maximum Gasteiger partial charge on any atom is 0.191 e. The number of benzene rings is 2. The first-order valence-electron chi connectivity index (χ1n) is 9.24. The molecular formula is C21H30N4O2S. The quantitative estimate of drug-likeness (QED) is 0.550. The Morgan fingerprint density at radius 2 is 1.82 bits per heavy atom. The molecule has 2 aromatic carbocycles. The number of hydrogen-bond acceptors (Lipinski definition) is 4. The third kappa shape index (κ3) is 5.99. The van der Waals surface area contributed by atoms with E-state index in [1.807, 2.05) is 37.3 Å². The Hall–Kier alpha value is -2.54. The molecule has 0 aromatic heterocycles. The van der Waals surface area contributed by atoms with Gasteiger partial charge in [-0.2, -0.15) is 0 Å². The zero-order chi connectivity index (χ0) is 20.7. The first-order valence-corrected chi connectivity index (χ1v) is 11.1. The second-order valence-corrected chi connectivity index (χ2v) is 8.96. The molecule has 6 nitrogen and oxygen atoms in total. The summed E-state index contributed by atoms with van der Waals surface area (Å²) >= 11 is 0. The number of aryl methyl sites for hydroxylation is 1. The van der Waals surface area contributed by atoms with Crippen molar-refractivity contribution in [3.8, 4) is 0 Å². The molecule has 0 radical (unpaired) electrons. The van der Waals surface area contributed by atoms with Gasteiger partial charge >= 0.3 is 0 Å². The van der Waals surface area contributed by atoms with Crippen molar-refractivity contribution in [3.05, 3.63) is 59.7 Å². The predicted molar refractivity (Wildman–Crippen MR) is 117 cm³/mol. The van der Waals surface area contributed by atoms with Crippen molar-refractivity contribution >= 4 is 21.5 Å². The minimum absolute atomic E-state index is 0.275. The Morgan fingerprint density at radius 3 is 2.39 bits per heavy atom. The van der Waals surface area contributed by atoms with E-state index in [2.05, 4.69) is 46.6 Å². The molecule has 0 bridgehead atoms. The van der Waals surface area contributed by atoms with Gasteiger partial charge < -0.3 is 15.5 Å². The van der Waals surface area contributed by atoms with Crippen molar-refractivity contribution < 1.29 is 8.42 Å². The second-order valence-electron chi connectivity index (χ2n) is 6.97. The number of sulfone groups is 1. The summed E-state index contributed by atoms with van der Waals surface area (Å²) in [5, 5.41) is 6.62. The van der Waals surface area contributed by atoms with Crippen LogP contribution in [0.15, 0.2) is 58.4 Å². The van der Waals surface area contributed by atoms with E-state index in [9.17, 15) is 8.42 Å². The molecule has 0 aliphatic carbocycles. The minimum Gasteiger partial charge on any atom is -0.370 e. The molecule has 7 heteroatoms. The molecule has 0 aliphatic rings. The average Bonchev–Trinajstić information content (AvgIpc) is 2.67. The van der Waals surface area contributed by atoms with Crippen molar-refractivity contribution in [2.75, 3.05) is 31.8 Å². The molecule has 0 amide bonds. The molecule has 0 fully saturated rings. The third-order valence-electron chi connectivity index (χ3n) is 4.71. The van der Waals surface area contributed by atoms with Gasteiger partial charge in [0.25, 0.3) is 0 Å². The van der Waals surface area contributed by atoms with E-state index in [0.29, 0.717) is 17.4 Å². The lowest BCUT2D eigenvalue weighted by molar-refractivity contribution is 0.601. The summed E-state index contributed by atoms with van der Waals surface area (Å²) in [6, 6.07) is 15.9. The van der Waals surface area contributed by atoms with Gasteiger partial charge in [0.15, 0.2) is 15.8 Å². The fourth-order valence-electron chi connectivity index (χ4n) is 2.94. The highest BCUT2D eigenvalue weighted by atomic mass is 32.2. The smallest absolute Gasteiger partial charge is 0.191 e. The van der Waals surface area contributed by atoms with E-state index in [0.717, 1.165) is 17.7 Å². The molecule has 1 atom stereocenters. The summed E-state index contributed by atoms with van der Waals surface area (Å²) in [6.45, 7) is 5.26. The lowest BCUT2D eigenvalue weighted by Crippen LogP contribution is -2.44. The highest BCUT2D eigenvalue weighted by Crippen LogP contribution is 2.16. The summed E-state index contributed by atoms with van der Waals surface area (Å²) in [6.07, 6.45) is 1.23. The number of nitrogens with one attached hydrogen (secondary N) is 2. The molecule has 28 heavy (non-hydrogen) atoms. The Bertz CT molecular complexity index is 911. The monoisotopic (exact) mass is 402 g/mol. The SMILES string of the molecule is CN=C(NCc1ccc(S(C)(=O)=O)c(C)c1)NCC(C)N(C)c1ccccc1. The first kappa shape index (κ1) is 21.8. The number of nitrogens with zero attached hydrogens (tertiary/aromatic N) is 2. The molecule has 0 aliphatic heterocycles. The van der Waals surface area contributed by atoms with Gasteiger partial charge in [0.1, 0.15) is 0 Å². The minimum atomic E-state index is -3.20. The Morgan fingerprint density at radius 1 is 1.14 bits per heavy atom. The van der Waals surface area contributed by atoms with E-state index in [1.165, 1.54) is 11.9 Å². The average molecular weight is 403 g/mol. The first-order chi connectivity index (χ1) is 13.2. The normalized spacial score (nSPS) is 13.1. The van der Waals surface area contributed by atoms with E-state index in [1.54, 1.807) is 13.1 Å². The number of likely N-dealkylation sites (N-methyl/N-ethyl adjacent to an activating group) is 1. The lowest BCUT2D eigenvalue weighted by atomic mass is 10.1. The molecule has 0 spiro atoms. The number of rotatable bonds is 7.